The molecular weight excluding hydrogens is 262 g/mol. The van der Waals surface area contributed by atoms with Gasteiger partial charge < -0.3 is 10.1 Å². The zero-order valence-electron chi connectivity index (χ0n) is 12.6. The average Bonchev–Trinajstić information content (AvgIpc) is 3.29. The number of hydrogen-bond acceptors (Lipinski definition) is 4. The second kappa shape index (κ2) is 6.12. The summed E-state index contributed by atoms with van der Waals surface area (Å²) in [4.78, 5) is 9.00. The van der Waals surface area contributed by atoms with Crippen molar-refractivity contribution in [1.29, 1.82) is 0 Å². The molecule has 110 valence electrons. The van der Waals surface area contributed by atoms with Crippen molar-refractivity contribution < 1.29 is 4.74 Å². The Morgan fingerprint density at radius 3 is 2.62 bits per heavy atom. The number of aryl methyl sites for hydroxylation is 1. The van der Waals surface area contributed by atoms with Gasteiger partial charge in [-0.3, -0.25) is 0 Å². The largest absolute Gasteiger partial charge is 0.490 e. The highest BCUT2D eigenvalue weighted by Gasteiger charge is 2.23. The third-order valence-electron chi connectivity index (χ3n) is 3.36. The van der Waals surface area contributed by atoms with Gasteiger partial charge in [0.1, 0.15) is 5.75 Å². The molecule has 0 bridgehead atoms. The van der Waals surface area contributed by atoms with Gasteiger partial charge in [-0.25, -0.2) is 9.97 Å². The van der Waals surface area contributed by atoms with Crippen LogP contribution in [0.2, 0.25) is 0 Å². The van der Waals surface area contributed by atoms with E-state index < -0.39 is 0 Å². The van der Waals surface area contributed by atoms with Crippen molar-refractivity contribution in [3.8, 4) is 17.0 Å². The second-order valence-corrected chi connectivity index (χ2v) is 5.49. The molecule has 2 aromatic rings. The van der Waals surface area contributed by atoms with Crippen molar-refractivity contribution in [3.63, 3.8) is 0 Å². The summed E-state index contributed by atoms with van der Waals surface area (Å²) in [6, 6.07) is 10.2. The maximum absolute atomic E-state index is 5.77. The number of ether oxygens (including phenoxy) is 1. The minimum absolute atomic E-state index is 0.432. The molecule has 1 aromatic carbocycles. The summed E-state index contributed by atoms with van der Waals surface area (Å²) >= 11 is 0. The van der Waals surface area contributed by atoms with Gasteiger partial charge in [0.15, 0.2) is 0 Å². The number of nitrogens with one attached hydrogen (secondary N) is 1. The summed E-state index contributed by atoms with van der Waals surface area (Å²) in [5.74, 6) is 1.64. The SMILES string of the molecule is CCCNc1nc(C)cc(-c2ccc(OC3CC3)cc2)n1. The number of nitrogens with zero attached hydrogens (tertiary/aromatic N) is 2. The van der Waals surface area contributed by atoms with E-state index in [9.17, 15) is 0 Å². The fraction of sp³-hybridized carbons (Fsp3) is 0.412. The van der Waals surface area contributed by atoms with E-state index in [4.69, 9.17) is 4.74 Å². The predicted octanol–water partition coefficient (Wildman–Crippen LogP) is 3.82. The zero-order chi connectivity index (χ0) is 14.7. The number of anilines is 1. The molecule has 1 fully saturated rings. The van der Waals surface area contributed by atoms with Crippen LogP contribution in [-0.4, -0.2) is 22.6 Å². The number of rotatable bonds is 6. The number of benzene rings is 1. The third-order valence-corrected chi connectivity index (χ3v) is 3.36. The summed E-state index contributed by atoms with van der Waals surface area (Å²) in [6.07, 6.45) is 3.85. The predicted molar refractivity (Wildman–Crippen MR) is 84.6 cm³/mol. The van der Waals surface area contributed by atoms with Crippen LogP contribution in [0.5, 0.6) is 5.75 Å². The summed E-state index contributed by atoms with van der Waals surface area (Å²) in [7, 11) is 0. The maximum Gasteiger partial charge on any atom is 0.223 e. The van der Waals surface area contributed by atoms with Gasteiger partial charge in [-0.1, -0.05) is 6.92 Å². The Bertz CT molecular complexity index is 606. The number of hydrogen-bond donors (Lipinski definition) is 1. The maximum atomic E-state index is 5.77. The quantitative estimate of drug-likeness (QED) is 0.875. The second-order valence-electron chi connectivity index (χ2n) is 5.49. The van der Waals surface area contributed by atoms with Crippen LogP contribution in [0.25, 0.3) is 11.3 Å². The van der Waals surface area contributed by atoms with Crippen LogP contribution in [0.15, 0.2) is 30.3 Å². The molecule has 1 N–H and O–H groups in total. The topological polar surface area (TPSA) is 47.0 Å². The fourth-order valence-electron chi connectivity index (χ4n) is 2.11. The van der Waals surface area contributed by atoms with Gasteiger partial charge in [0.05, 0.1) is 11.8 Å². The molecule has 1 aliphatic carbocycles. The van der Waals surface area contributed by atoms with Gasteiger partial charge in [-0.2, -0.15) is 0 Å². The first-order valence-corrected chi connectivity index (χ1v) is 7.61. The highest BCUT2D eigenvalue weighted by atomic mass is 16.5. The molecule has 0 aliphatic heterocycles. The van der Waals surface area contributed by atoms with Gasteiger partial charge in [-0.15, -0.1) is 0 Å². The summed E-state index contributed by atoms with van der Waals surface area (Å²) in [6.45, 7) is 5.01. The Morgan fingerprint density at radius 2 is 1.95 bits per heavy atom. The van der Waals surface area contributed by atoms with Crippen LogP contribution in [0.1, 0.15) is 31.9 Å². The summed E-state index contributed by atoms with van der Waals surface area (Å²) in [5.41, 5.74) is 3.00. The van der Waals surface area contributed by atoms with E-state index in [1.165, 1.54) is 12.8 Å². The lowest BCUT2D eigenvalue weighted by molar-refractivity contribution is 0.303. The molecule has 0 amide bonds. The molecule has 4 heteroatoms. The summed E-state index contributed by atoms with van der Waals surface area (Å²) < 4.78 is 5.77. The van der Waals surface area contributed by atoms with Crippen molar-refractivity contribution in [2.75, 3.05) is 11.9 Å². The minimum atomic E-state index is 0.432. The molecule has 3 rings (SSSR count). The third kappa shape index (κ3) is 3.72. The lowest BCUT2D eigenvalue weighted by atomic mass is 10.1. The summed E-state index contributed by atoms with van der Waals surface area (Å²) in [5, 5.41) is 3.24. The Balaban J connectivity index is 1.79. The first-order chi connectivity index (χ1) is 10.2. The highest BCUT2D eigenvalue weighted by Crippen LogP contribution is 2.28. The van der Waals surface area contributed by atoms with Gasteiger partial charge >= 0.3 is 0 Å². The van der Waals surface area contributed by atoms with Crippen molar-refractivity contribution >= 4 is 5.95 Å². The van der Waals surface area contributed by atoms with Crippen LogP contribution < -0.4 is 10.1 Å². The van der Waals surface area contributed by atoms with Gasteiger partial charge in [0.2, 0.25) is 5.95 Å². The lowest BCUT2D eigenvalue weighted by Crippen LogP contribution is -2.05. The van der Waals surface area contributed by atoms with E-state index >= 15 is 0 Å². The van der Waals surface area contributed by atoms with E-state index in [2.05, 4.69) is 34.3 Å². The van der Waals surface area contributed by atoms with E-state index in [1.54, 1.807) is 0 Å². The van der Waals surface area contributed by atoms with Gasteiger partial charge in [0, 0.05) is 17.8 Å². The Labute approximate surface area is 125 Å². The first-order valence-electron chi connectivity index (χ1n) is 7.61. The van der Waals surface area contributed by atoms with Crippen LogP contribution in [0, 0.1) is 6.92 Å². The molecule has 1 aliphatic rings. The monoisotopic (exact) mass is 283 g/mol. The molecule has 1 aromatic heterocycles. The normalized spacial score (nSPS) is 14.0. The van der Waals surface area contributed by atoms with Crippen LogP contribution in [0.3, 0.4) is 0 Å². The molecule has 0 saturated heterocycles. The van der Waals surface area contributed by atoms with Gasteiger partial charge in [0.25, 0.3) is 0 Å². The minimum Gasteiger partial charge on any atom is -0.490 e. The fourth-order valence-corrected chi connectivity index (χ4v) is 2.11. The Hall–Kier alpha value is -2.10. The number of aromatic nitrogens is 2. The van der Waals surface area contributed by atoms with Crippen molar-refractivity contribution in [2.45, 2.75) is 39.2 Å². The van der Waals surface area contributed by atoms with E-state index in [-0.39, 0.29) is 0 Å². The van der Waals surface area contributed by atoms with E-state index in [0.717, 1.165) is 35.7 Å². The Morgan fingerprint density at radius 1 is 1.19 bits per heavy atom. The molecule has 1 heterocycles. The standard InChI is InChI=1S/C17H21N3O/c1-3-10-18-17-19-12(2)11-16(20-17)13-4-6-14(7-5-13)21-15-8-9-15/h4-7,11,15H,3,8-10H2,1-2H3,(H,18,19,20). The van der Waals surface area contributed by atoms with E-state index in [1.807, 2.05) is 25.1 Å². The highest BCUT2D eigenvalue weighted by molar-refractivity contribution is 5.61. The van der Waals surface area contributed by atoms with Gasteiger partial charge in [-0.05, 0) is 56.5 Å². The molecule has 1 saturated carbocycles. The molecule has 0 spiro atoms. The van der Waals surface area contributed by atoms with Crippen molar-refractivity contribution in [1.82, 2.24) is 9.97 Å². The van der Waals surface area contributed by atoms with E-state index in [0.29, 0.717) is 12.1 Å². The van der Waals surface area contributed by atoms with Crippen LogP contribution in [-0.2, 0) is 0 Å². The lowest BCUT2D eigenvalue weighted by Gasteiger charge is -2.09. The molecule has 0 atom stereocenters. The van der Waals surface area contributed by atoms with Crippen molar-refractivity contribution in [3.05, 3.63) is 36.0 Å². The molecule has 21 heavy (non-hydrogen) atoms. The Kier molecular flexibility index (Phi) is 4.04. The average molecular weight is 283 g/mol. The smallest absolute Gasteiger partial charge is 0.223 e. The molecule has 4 nitrogen and oxygen atoms in total. The zero-order valence-corrected chi connectivity index (χ0v) is 12.6. The molecular formula is C17H21N3O. The van der Waals surface area contributed by atoms with Crippen molar-refractivity contribution in [2.24, 2.45) is 0 Å². The molecule has 0 unspecified atom stereocenters. The van der Waals surface area contributed by atoms with Crippen LogP contribution >= 0.6 is 0 Å². The van der Waals surface area contributed by atoms with Crippen LogP contribution in [0.4, 0.5) is 5.95 Å². The molecule has 0 radical (unpaired) electrons. The first kappa shape index (κ1) is 13.9.